The average Bonchev–Trinajstić information content (AvgIpc) is 3.32. The molecule has 4 N–H and O–H groups in total. The summed E-state index contributed by atoms with van der Waals surface area (Å²) in [7, 11) is 0. The number of carbonyl (C=O) groups excluding carboxylic acids is 3. The van der Waals surface area contributed by atoms with Crippen LogP contribution in [0.2, 0.25) is 0 Å². The van der Waals surface area contributed by atoms with Gasteiger partial charge in [0, 0.05) is 41.2 Å². The number of Topliss-reactive ketones (excluding diaryl/α,β-unsaturated/α-hetero) is 2. The summed E-state index contributed by atoms with van der Waals surface area (Å²) >= 11 is 0. The minimum Gasteiger partial charge on any atom is -0.398 e. The topological polar surface area (TPSA) is 105 Å². The van der Waals surface area contributed by atoms with Gasteiger partial charge in [-0.3, -0.25) is 14.4 Å². The molecule has 0 bridgehead atoms. The van der Waals surface area contributed by atoms with Crippen LogP contribution >= 0.6 is 0 Å². The molecular weight excluding hydrogens is 474 g/mol. The summed E-state index contributed by atoms with van der Waals surface area (Å²) in [4.78, 5) is 38.2. The molecule has 1 unspecified atom stereocenters. The summed E-state index contributed by atoms with van der Waals surface area (Å²) in [6.07, 6.45) is 11.3. The quantitative estimate of drug-likeness (QED) is 0.124. The minimum atomic E-state index is -0.453. The molecule has 38 heavy (non-hydrogen) atoms. The first kappa shape index (κ1) is 32.6. The number of aromatic amines is 1. The SMILES string of the molecule is CC.CC(=O)c1ccccc1N.CCCCCCCCCC(=O)NC(Cc1c[nH]c2ccccc12)C(C)=O. The van der Waals surface area contributed by atoms with E-state index >= 15 is 0 Å². The van der Waals surface area contributed by atoms with Crippen LogP contribution in [0.25, 0.3) is 10.9 Å². The van der Waals surface area contributed by atoms with E-state index in [1.54, 1.807) is 25.1 Å². The normalized spacial score (nSPS) is 11.0. The maximum atomic E-state index is 12.2. The first-order valence-corrected chi connectivity index (χ1v) is 14.0. The van der Waals surface area contributed by atoms with E-state index in [1.165, 1.54) is 39.0 Å². The number of unbranched alkanes of at least 4 members (excludes halogenated alkanes) is 6. The van der Waals surface area contributed by atoms with E-state index in [0.717, 1.165) is 29.3 Å². The Kier molecular flexibility index (Phi) is 16.1. The van der Waals surface area contributed by atoms with Crippen molar-refractivity contribution in [2.45, 2.75) is 98.4 Å². The van der Waals surface area contributed by atoms with Crippen LogP contribution in [-0.2, 0) is 16.0 Å². The number of carbonyl (C=O) groups is 3. The second-order valence-corrected chi connectivity index (χ2v) is 9.31. The predicted molar refractivity (Wildman–Crippen MR) is 159 cm³/mol. The lowest BCUT2D eigenvalue weighted by molar-refractivity contribution is -0.126. The van der Waals surface area contributed by atoms with Crippen molar-refractivity contribution in [3.8, 4) is 0 Å². The van der Waals surface area contributed by atoms with Gasteiger partial charge in [-0.25, -0.2) is 0 Å². The van der Waals surface area contributed by atoms with Crippen LogP contribution in [0.5, 0.6) is 0 Å². The van der Waals surface area contributed by atoms with E-state index in [2.05, 4.69) is 17.2 Å². The molecule has 1 aromatic heterocycles. The Labute approximate surface area is 228 Å². The van der Waals surface area contributed by atoms with Crippen LogP contribution in [-0.4, -0.2) is 28.5 Å². The van der Waals surface area contributed by atoms with Gasteiger partial charge in [-0.15, -0.1) is 0 Å². The Balaban J connectivity index is 0.000000501. The van der Waals surface area contributed by atoms with E-state index in [1.807, 2.05) is 50.4 Å². The zero-order chi connectivity index (χ0) is 28.3. The van der Waals surface area contributed by atoms with E-state index in [0.29, 0.717) is 24.1 Å². The predicted octanol–water partition coefficient (Wildman–Crippen LogP) is 7.42. The molecule has 0 aliphatic heterocycles. The smallest absolute Gasteiger partial charge is 0.220 e. The van der Waals surface area contributed by atoms with Crippen LogP contribution in [0.1, 0.15) is 102 Å². The molecule has 3 aromatic rings. The van der Waals surface area contributed by atoms with Crippen LogP contribution in [0.3, 0.4) is 0 Å². The minimum absolute atomic E-state index is 0.00296. The molecule has 0 saturated carbocycles. The zero-order valence-electron chi connectivity index (χ0n) is 23.9. The lowest BCUT2D eigenvalue weighted by Crippen LogP contribution is -2.41. The average molecular weight is 522 g/mol. The highest BCUT2D eigenvalue weighted by Gasteiger charge is 2.19. The summed E-state index contributed by atoms with van der Waals surface area (Å²) in [6.45, 7) is 9.27. The number of nitrogens with one attached hydrogen (secondary N) is 2. The first-order valence-electron chi connectivity index (χ1n) is 14.0. The van der Waals surface area contributed by atoms with Crippen molar-refractivity contribution in [1.29, 1.82) is 0 Å². The van der Waals surface area contributed by atoms with Gasteiger partial charge in [0.25, 0.3) is 0 Å². The number of nitrogens with two attached hydrogens (primary N) is 1. The van der Waals surface area contributed by atoms with Gasteiger partial charge in [0.05, 0.1) is 6.04 Å². The lowest BCUT2D eigenvalue weighted by Gasteiger charge is -2.15. The van der Waals surface area contributed by atoms with Crippen molar-refractivity contribution >= 4 is 34.1 Å². The van der Waals surface area contributed by atoms with Crippen LogP contribution in [0.15, 0.2) is 54.7 Å². The number of rotatable bonds is 13. The molecule has 1 heterocycles. The lowest BCUT2D eigenvalue weighted by atomic mass is 10.0. The van der Waals surface area contributed by atoms with Gasteiger partial charge in [-0.1, -0.05) is 89.6 Å². The van der Waals surface area contributed by atoms with Crippen molar-refractivity contribution in [2.75, 3.05) is 5.73 Å². The molecule has 0 aliphatic rings. The van der Waals surface area contributed by atoms with Gasteiger partial charge >= 0.3 is 0 Å². The first-order chi connectivity index (χ1) is 18.3. The highest BCUT2D eigenvalue weighted by molar-refractivity contribution is 5.98. The summed E-state index contributed by atoms with van der Waals surface area (Å²) in [5.41, 5.74) is 8.77. The number of nitrogen functional groups attached to an aromatic ring is 1. The standard InChI is InChI=1S/C22H32N2O2.C8H9NO.C2H6/c1-3-4-5-6-7-8-9-14-22(26)24-21(17(2)25)15-18-16-23-20-13-11-10-12-19(18)20;1-6(10)7-4-2-3-5-8(7)9;1-2/h10-13,16,21,23H,3-9,14-15H2,1-2H3,(H,24,26);2-5H,9H2,1H3;1-2H3. The number of fused-ring (bicyclic) bond motifs is 1. The second-order valence-electron chi connectivity index (χ2n) is 9.31. The molecule has 0 spiro atoms. The van der Waals surface area contributed by atoms with Crippen LogP contribution < -0.4 is 11.1 Å². The molecule has 0 aliphatic carbocycles. The third kappa shape index (κ3) is 11.8. The molecule has 1 atom stereocenters. The van der Waals surface area contributed by atoms with Crippen LogP contribution in [0.4, 0.5) is 5.69 Å². The Morgan fingerprint density at radius 3 is 2.08 bits per heavy atom. The molecule has 0 radical (unpaired) electrons. The Morgan fingerprint density at radius 2 is 1.47 bits per heavy atom. The van der Waals surface area contributed by atoms with Crippen molar-refractivity contribution in [3.05, 3.63) is 65.9 Å². The number of anilines is 1. The molecule has 0 saturated heterocycles. The largest absolute Gasteiger partial charge is 0.398 e. The van der Waals surface area contributed by atoms with Gasteiger partial charge in [-0.2, -0.15) is 0 Å². The molecule has 2 aromatic carbocycles. The molecule has 6 nitrogen and oxygen atoms in total. The second kappa shape index (κ2) is 18.8. The molecular formula is C32H47N3O3. The third-order valence-electron chi connectivity index (χ3n) is 6.27. The summed E-state index contributed by atoms with van der Waals surface area (Å²) < 4.78 is 0. The zero-order valence-corrected chi connectivity index (χ0v) is 23.9. The summed E-state index contributed by atoms with van der Waals surface area (Å²) in [5, 5.41) is 4.04. The van der Waals surface area contributed by atoms with Crippen LogP contribution in [0, 0.1) is 0 Å². The number of benzene rings is 2. The van der Waals surface area contributed by atoms with Gasteiger partial charge in [0.15, 0.2) is 11.6 Å². The number of para-hydroxylation sites is 2. The molecule has 6 heteroatoms. The fourth-order valence-electron chi connectivity index (χ4n) is 4.14. The van der Waals surface area contributed by atoms with Crippen molar-refractivity contribution < 1.29 is 14.4 Å². The number of hydrogen-bond donors (Lipinski definition) is 3. The highest BCUT2D eigenvalue weighted by atomic mass is 16.2. The summed E-state index contributed by atoms with van der Waals surface area (Å²) in [5.74, 6) is -0.0000961. The molecule has 1 amide bonds. The number of ketones is 2. The van der Waals surface area contributed by atoms with Crippen molar-refractivity contribution in [1.82, 2.24) is 10.3 Å². The van der Waals surface area contributed by atoms with Gasteiger partial charge in [0.2, 0.25) is 5.91 Å². The maximum absolute atomic E-state index is 12.2. The van der Waals surface area contributed by atoms with E-state index < -0.39 is 6.04 Å². The van der Waals surface area contributed by atoms with Crippen molar-refractivity contribution in [2.24, 2.45) is 0 Å². The summed E-state index contributed by atoms with van der Waals surface area (Å²) in [6, 6.07) is 14.6. The van der Waals surface area contributed by atoms with E-state index in [-0.39, 0.29) is 17.5 Å². The van der Waals surface area contributed by atoms with Gasteiger partial charge in [-0.05, 0) is 44.0 Å². The highest BCUT2D eigenvalue weighted by Crippen LogP contribution is 2.19. The van der Waals surface area contributed by atoms with E-state index in [4.69, 9.17) is 5.73 Å². The fraction of sp³-hybridized carbons (Fsp3) is 0.469. The molecule has 3 rings (SSSR count). The number of H-pyrrole nitrogens is 1. The monoisotopic (exact) mass is 521 g/mol. The number of aromatic nitrogens is 1. The van der Waals surface area contributed by atoms with Gasteiger partial charge in [0.1, 0.15) is 0 Å². The van der Waals surface area contributed by atoms with Gasteiger partial charge < -0.3 is 16.0 Å². The maximum Gasteiger partial charge on any atom is 0.220 e. The molecule has 208 valence electrons. The third-order valence-corrected chi connectivity index (χ3v) is 6.27. The Morgan fingerprint density at radius 1 is 0.868 bits per heavy atom. The van der Waals surface area contributed by atoms with E-state index in [9.17, 15) is 14.4 Å². The Bertz CT molecular complexity index is 1120. The molecule has 0 fully saturated rings. The number of hydrogen-bond acceptors (Lipinski definition) is 4. The number of amides is 1. The van der Waals surface area contributed by atoms with Crippen molar-refractivity contribution in [3.63, 3.8) is 0 Å². The Hall–Kier alpha value is -3.41. The fourth-order valence-corrected chi connectivity index (χ4v) is 4.14.